The van der Waals surface area contributed by atoms with Crippen LogP contribution in [0.2, 0.25) is 0 Å². The molecule has 100 valence electrons. The zero-order valence-corrected chi connectivity index (χ0v) is 10.1. The van der Waals surface area contributed by atoms with Gasteiger partial charge in [-0.05, 0) is 30.7 Å². The molecule has 0 heterocycles. The standard InChI is InChI=1S/C14H11F4N/c1-7-2-4-9(13(18)12(7)17)14(19)10-6-8(15)3-5-11(10)16/h2-6,14H,19H2,1H3. The van der Waals surface area contributed by atoms with Gasteiger partial charge in [0.05, 0.1) is 6.04 Å². The van der Waals surface area contributed by atoms with E-state index in [4.69, 9.17) is 5.73 Å². The number of nitrogens with two attached hydrogens (primary N) is 1. The van der Waals surface area contributed by atoms with Gasteiger partial charge in [-0.25, -0.2) is 17.6 Å². The lowest BCUT2D eigenvalue weighted by atomic mass is 9.97. The van der Waals surface area contributed by atoms with Gasteiger partial charge in [0, 0.05) is 11.1 Å². The van der Waals surface area contributed by atoms with Crippen molar-refractivity contribution in [1.82, 2.24) is 0 Å². The summed E-state index contributed by atoms with van der Waals surface area (Å²) < 4.78 is 53.8. The molecular formula is C14H11F4N. The van der Waals surface area contributed by atoms with E-state index >= 15 is 0 Å². The molecule has 2 aromatic rings. The van der Waals surface area contributed by atoms with E-state index in [1.807, 2.05) is 0 Å². The predicted octanol–water partition coefficient (Wildman–Crippen LogP) is 3.60. The third kappa shape index (κ3) is 2.46. The Hall–Kier alpha value is -1.88. The van der Waals surface area contributed by atoms with Crippen LogP contribution < -0.4 is 5.73 Å². The summed E-state index contributed by atoms with van der Waals surface area (Å²) in [6.45, 7) is 1.40. The van der Waals surface area contributed by atoms with E-state index in [0.717, 1.165) is 18.2 Å². The van der Waals surface area contributed by atoms with Crippen LogP contribution in [0.15, 0.2) is 30.3 Å². The first-order chi connectivity index (χ1) is 8.91. The highest BCUT2D eigenvalue weighted by Crippen LogP contribution is 2.27. The summed E-state index contributed by atoms with van der Waals surface area (Å²) in [5, 5.41) is 0. The normalized spacial score (nSPS) is 12.5. The molecule has 1 nitrogen and oxygen atoms in total. The lowest BCUT2D eigenvalue weighted by Gasteiger charge is -2.15. The van der Waals surface area contributed by atoms with Crippen molar-refractivity contribution in [3.8, 4) is 0 Å². The van der Waals surface area contributed by atoms with Crippen LogP contribution in [0, 0.1) is 30.2 Å². The maximum absolute atomic E-state index is 13.8. The fourth-order valence-electron chi connectivity index (χ4n) is 1.82. The lowest BCUT2D eigenvalue weighted by molar-refractivity contribution is 0.486. The summed E-state index contributed by atoms with van der Waals surface area (Å²) in [7, 11) is 0. The number of rotatable bonds is 2. The summed E-state index contributed by atoms with van der Waals surface area (Å²) >= 11 is 0. The third-order valence-electron chi connectivity index (χ3n) is 2.93. The molecule has 0 saturated carbocycles. The molecule has 0 spiro atoms. The van der Waals surface area contributed by atoms with E-state index in [1.165, 1.54) is 19.1 Å². The molecule has 2 N–H and O–H groups in total. The summed E-state index contributed by atoms with van der Waals surface area (Å²) in [6.07, 6.45) is 0. The second-order valence-corrected chi connectivity index (χ2v) is 4.24. The summed E-state index contributed by atoms with van der Waals surface area (Å²) in [6, 6.07) is 4.03. The summed E-state index contributed by atoms with van der Waals surface area (Å²) in [5.74, 6) is -3.64. The van der Waals surface area contributed by atoms with Crippen molar-refractivity contribution in [2.75, 3.05) is 0 Å². The number of halogens is 4. The average Bonchev–Trinajstić information content (AvgIpc) is 2.38. The monoisotopic (exact) mass is 269 g/mol. The fraction of sp³-hybridized carbons (Fsp3) is 0.143. The highest BCUT2D eigenvalue weighted by molar-refractivity contribution is 5.35. The second kappa shape index (κ2) is 5.01. The first-order valence-corrected chi connectivity index (χ1v) is 5.57. The van der Waals surface area contributed by atoms with Crippen LogP contribution in [-0.2, 0) is 0 Å². The van der Waals surface area contributed by atoms with Gasteiger partial charge in [-0.3, -0.25) is 0 Å². The van der Waals surface area contributed by atoms with Crippen LogP contribution in [0.4, 0.5) is 17.6 Å². The summed E-state index contributed by atoms with van der Waals surface area (Å²) in [4.78, 5) is 0. The van der Waals surface area contributed by atoms with Crippen LogP contribution in [0.3, 0.4) is 0 Å². The molecule has 0 aliphatic heterocycles. The molecule has 19 heavy (non-hydrogen) atoms. The van der Waals surface area contributed by atoms with Crippen LogP contribution >= 0.6 is 0 Å². The zero-order valence-electron chi connectivity index (χ0n) is 10.1. The molecule has 0 bridgehead atoms. The highest BCUT2D eigenvalue weighted by atomic mass is 19.2. The van der Waals surface area contributed by atoms with Gasteiger partial charge in [0.1, 0.15) is 11.6 Å². The van der Waals surface area contributed by atoms with Crippen LogP contribution in [0.25, 0.3) is 0 Å². The van der Waals surface area contributed by atoms with E-state index in [9.17, 15) is 17.6 Å². The van der Waals surface area contributed by atoms with Gasteiger partial charge in [-0.2, -0.15) is 0 Å². The maximum atomic E-state index is 13.8. The topological polar surface area (TPSA) is 26.0 Å². The molecule has 0 aliphatic rings. The van der Waals surface area contributed by atoms with Crippen LogP contribution in [-0.4, -0.2) is 0 Å². The Balaban J connectivity index is 2.53. The van der Waals surface area contributed by atoms with Gasteiger partial charge in [-0.1, -0.05) is 12.1 Å². The molecule has 0 fully saturated rings. The van der Waals surface area contributed by atoms with Gasteiger partial charge in [0.25, 0.3) is 0 Å². The lowest BCUT2D eigenvalue weighted by Crippen LogP contribution is -2.16. The zero-order chi connectivity index (χ0) is 14.2. The highest BCUT2D eigenvalue weighted by Gasteiger charge is 2.20. The number of hydrogen-bond donors (Lipinski definition) is 1. The SMILES string of the molecule is Cc1ccc(C(N)c2cc(F)ccc2F)c(F)c1F. The van der Waals surface area contributed by atoms with Gasteiger partial charge in [-0.15, -0.1) is 0 Å². The molecule has 0 aromatic heterocycles. The molecule has 0 saturated heterocycles. The minimum absolute atomic E-state index is 0.119. The van der Waals surface area contributed by atoms with E-state index < -0.39 is 29.3 Å². The predicted molar refractivity (Wildman–Crippen MR) is 63.5 cm³/mol. The Labute approximate surface area is 107 Å². The van der Waals surface area contributed by atoms with Gasteiger partial charge < -0.3 is 5.73 Å². The van der Waals surface area contributed by atoms with Crippen molar-refractivity contribution in [3.05, 3.63) is 70.3 Å². The second-order valence-electron chi connectivity index (χ2n) is 4.24. The van der Waals surface area contributed by atoms with Crippen molar-refractivity contribution in [2.45, 2.75) is 13.0 Å². The van der Waals surface area contributed by atoms with Crippen molar-refractivity contribution in [2.24, 2.45) is 5.73 Å². The van der Waals surface area contributed by atoms with E-state index in [-0.39, 0.29) is 16.7 Å². The largest absolute Gasteiger partial charge is 0.320 e. The van der Waals surface area contributed by atoms with E-state index in [0.29, 0.717) is 0 Å². The Morgan fingerprint density at radius 1 is 0.895 bits per heavy atom. The Morgan fingerprint density at radius 2 is 1.58 bits per heavy atom. The first kappa shape index (κ1) is 13.5. The molecule has 5 heteroatoms. The minimum atomic E-state index is -1.27. The summed E-state index contributed by atoms with van der Waals surface area (Å²) in [5.41, 5.74) is 5.38. The quantitative estimate of drug-likeness (QED) is 0.828. The molecule has 0 aliphatic carbocycles. The van der Waals surface area contributed by atoms with E-state index in [1.54, 1.807) is 0 Å². The Morgan fingerprint density at radius 3 is 2.26 bits per heavy atom. The number of hydrogen-bond acceptors (Lipinski definition) is 1. The number of benzene rings is 2. The molecule has 1 atom stereocenters. The molecular weight excluding hydrogens is 258 g/mol. The smallest absolute Gasteiger partial charge is 0.164 e. The maximum Gasteiger partial charge on any atom is 0.164 e. The molecule has 0 radical (unpaired) electrons. The first-order valence-electron chi connectivity index (χ1n) is 5.57. The van der Waals surface area contributed by atoms with E-state index in [2.05, 4.69) is 0 Å². The van der Waals surface area contributed by atoms with Gasteiger partial charge in [0.15, 0.2) is 11.6 Å². The van der Waals surface area contributed by atoms with Crippen LogP contribution in [0.1, 0.15) is 22.7 Å². The molecule has 2 rings (SSSR count). The van der Waals surface area contributed by atoms with Crippen LogP contribution in [0.5, 0.6) is 0 Å². The average molecular weight is 269 g/mol. The molecule has 2 aromatic carbocycles. The Bertz CT molecular complexity index is 625. The third-order valence-corrected chi connectivity index (χ3v) is 2.93. The van der Waals surface area contributed by atoms with Crippen molar-refractivity contribution < 1.29 is 17.6 Å². The number of aryl methyl sites for hydroxylation is 1. The minimum Gasteiger partial charge on any atom is -0.320 e. The van der Waals surface area contributed by atoms with Gasteiger partial charge >= 0.3 is 0 Å². The van der Waals surface area contributed by atoms with Gasteiger partial charge in [0.2, 0.25) is 0 Å². The van der Waals surface area contributed by atoms with Crippen molar-refractivity contribution in [1.29, 1.82) is 0 Å². The molecule has 0 amide bonds. The van der Waals surface area contributed by atoms with Crippen molar-refractivity contribution >= 4 is 0 Å². The van der Waals surface area contributed by atoms with Crippen molar-refractivity contribution in [3.63, 3.8) is 0 Å². The fourth-order valence-corrected chi connectivity index (χ4v) is 1.82. The molecule has 1 unspecified atom stereocenters. The Kier molecular flexibility index (Phi) is 3.57.